The molecule has 0 spiro atoms. The highest BCUT2D eigenvalue weighted by molar-refractivity contribution is 5.54. The Morgan fingerprint density at radius 1 is 1.39 bits per heavy atom. The Morgan fingerprint density at radius 2 is 2.22 bits per heavy atom. The molecule has 8 nitrogen and oxygen atoms in total. The van der Waals surface area contributed by atoms with Crippen LogP contribution in [0.3, 0.4) is 0 Å². The quantitative estimate of drug-likeness (QED) is 0.502. The van der Waals surface area contributed by atoms with Crippen LogP contribution < -0.4 is 0 Å². The van der Waals surface area contributed by atoms with Crippen molar-refractivity contribution in [3.8, 4) is 11.6 Å². The van der Waals surface area contributed by atoms with E-state index < -0.39 is 4.92 Å². The van der Waals surface area contributed by atoms with Crippen LogP contribution >= 0.6 is 0 Å². The van der Waals surface area contributed by atoms with E-state index in [1.54, 1.807) is 16.8 Å². The predicted molar refractivity (Wildman–Crippen MR) is 59.9 cm³/mol. The second-order valence-corrected chi connectivity index (χ2v) is 3.68. The third-order valence-electron chi connectivity index (χ3n) is 2.43. The number of nitro groups is 1. The summed E-state index contributed by atoms with van der Waals surface area (Å²) >= 11 is 0. The molecule has 0 radical (unpaired) electrons. The van der Waals surface area contributed by atoms with Crippen molar-refractivity contribution in [3.63, 3.8) is 0 Å². The number of hydrogen-bond acceptors (Lipinski definition) is 6. The van der Waals surface area contributed by atoms with Gasteiger partial charge in [-0.15, -0.1) is 10.2 Å². The monoisotopic (exact) mass is 245 g/mol. The van der Waals surface area contributed by atoms with Crippen LogP contribution in [0.15, 0.2) is 28.9 Å². The Kier molecular flexibility index (Phi) is 2.09. The molecule has 0 fully saturated rings. The van der Waals surface area contributed by atoms with Crippen molar-refractivity contribution < 1.29 is 9.34 Å². The lowest BCUT2D eigenvalue weighted by Gasteiger charge is -1.95. The van der Waals surface area contributed by atoms with Crippen LogP contribution in [0.2, 0.25) is 0 Å². The first-order chi connectivity index (χ1) is 8.65. The summed E-state index contributed by atoms with van der Waals surface area (Å²) in [5, 5.41) is 18.4. The highest BCUT2D eigenvalue weighted by Crippen LogP contribution is 2.24. The highest BCUT2D eigenvalue weighted by atomic mass is 16.6. The van der Waals surface area contributed by atoms with E-state index in [1.165, 1.54) is 12.1 Å². The van der Waals surface area contributed by atoms with Gasteiger partial charge in [-0.1, -0.05) is 0 Å². The predicted octanol–water partition coefficient (Wildman–Crippen LogP) is 1.60. The molecule has 0 atom stereocenters. The molecule has 0 aromatic carbocycles. The molecule has 3 aromatic heterocycles. The molecular weight excluding hydrogens is 238 g/mol. The van der Waals surface area contributed by atoms with Crippen molar-refractivity contribution in [3.05, 3.63) is 40.3 Å². The van der Waals surface area contributed by atoms with Gasteiger partial charge in [-0.2, -0.15) is 0 Å². The van der Waals surface area contributed by atoms with Crippen LogP contribution in [-0.2, 0) is 0 Å². The Morgan fingerprint density at radius 3 is 2.94 bits per heavy atom. The van der Waals surface area contributed by atoms with Crippen LogP contribution in [0.25, 0.3) is 17.2 Å². The maximum Gasteiger partial charge on any atom is 0.433 e. The van der Waals surface area contributed by atoms with Crippen molar-refractivity contribution in [1.82, 2.24) is 19.6 Å². The number of aromatic nitrogens is 4. The van der Waals surface area contributed by atoms with Gasteiger partial charge in [0.05, 0.1) is 6.07 Å². The molecule has 0 aliphatic heterocycles. The van der Waals surface area contributed by atoms with Gasteiger partial charge in [-0.25, -0.2) is 4.98 Å². The van der Waals surface area contributed by atoms with E-state index in [0.717, 1.165) is 5.69 Å². The zero-order chi connectivity index (χ0) is 12.7. The molecule has 90 valence electrons. The number of furan rings is 1. The molecule has 3 rings (SSSR count). The number of nitrogens with zero attached hydrogens (tertiary/aromatic N) is 5. The minimum atomic E-state index is -0.602. The van der Waals surface area contributed by atoms with E-state index >= 15 is 0 Å². The third kappa shape index (κ3) is 1.51. The SMILES string of the molecule is Cc1cc2nnc(-c3ccc([N+](=O)[O-])o3)n2cn1. The Balaban J connectivity index is 2.16. The average molecular weight is 245 g/mol. The maximum absolute atomic E-state index is 10.5. The summed E-state index contributed by atoms with van der Waals surface area (Å²) in [7, 11) is 0. The standard InChI is InChI=1S/C10H7N5O3/c1-6-4-8-12-13-10(14(8)5-11-6)7-2-3-9(18-7)15(16)17/h2-5H,1H3. The summed E-state index contributed by atoms with van der Waals surface area (Å²) in [5.74, 6) is 0.326. The molecule has 0 unspecified atom stereocenters. The first kappa shape index (κ1) is 10.4. The van der Waals surface area contributed by atoms with E-state index in [1.807, 2.05) is 6.92 Å². The second-order valence-electron chi connectivity index (χ2n) is 3.68. The summed E-state index contributed by atoms with van der Waals surface area (Å²) in [6, 6.07) is 4.51. The highest BCUT2D eigenvalue weighted by Gasteiger charge is 2.17. The molecule has 0 N–H and O–H groups in total. The van der Waals surface area contributed by atoms with Gasteiger partial charge in [-0.05, 0) is 13.0 Å². The normalized spacial score (nSPS) is 10.9. The smallest absolute Gasteiger partial charge is 0.397 e. The van der Waals surface area contributed by atoms with Gasteiger partial charge >= 0.3 is 5.88 Å². The minimum Gasteiger partial charge on any atom is -0.397 e. The third-order valence-corrected chi connectivity index (χ3v) is 2.43. The van der Waals surface area contributed by atoms with Gasteiger partial charge < -0.3 is 4.42 Å². The molecule has 0 amide bonds. The lowest BCUT2D eigenvalue weighted by Crippen LogP contribution is -1.91. The van der Waals surface area contributed by atoms with Crippen LogP contribution in [0.5, 0.6) is 0 Å². The van der Waals surface area contributed by atoms with Crippen LogP contribution in [0.1, 0.15) is 5.69 Å². The number of fused-ring (bicyclic) bond motifs is 1. The van der Waals surface area contributed by atoms with Crippen LogP contribution in [0.4, 0.5) is 5.88 Å². The number of aryl methyl sites for hydroxylation is 1. The fourth-order valence-corrected chi connectivity index (χ4v) is 1.60. The van der Waals surface area contributed by atoms with Gasteiger partial charge in [0.1, 0.15) is 11.3 Å². The number of rotatable bonds is 2. The molecule has 0 bridgehead atoms. The molecule has 0 aliphatic rings. The lowest BCUT2D eigenvalue weighted by molar-refractivity contribution is -0.401. The molecule has 0 aliphatic carbocycles. The van der Waals surface area contributed by atoms with Crippen molar-refractivity contribution >= 4 is 11.5 Å². The van der Waals surface area contributed by atoms with E-state index in [2.05, 4.69) is 15.2 Å². The van der Waals surface area contributed by atoms with Gasteiger partial charge in [0.25, 0.3) is 0 Å². The number of hydrogen-bond donors (Lipinski definition) is 0. The maximum atomic E-state index is 10.5. The first-order valence-electron chi connectivity index (χ1n) is 5.07. The summed E-state index contributed by atoms with van der Waals surface area (Å²) in [4.78, 5) is 14.1. The van der Waals surface area contributed by atoms with E-state index in [-0.39, 0.29) is 11.6 Å². The first-order valence-corrected chi connectivity index (χ1v) is 5.07. The van der Waals surface area contributed by atoms with E-state index in [9.17, 15) is 10.1 Å². The van der Waals surface area contributed by atoms with Crippen molar-refractivity contribution in [1.29, 1.82) is 0 Å². The topological polar surface area (TPSA) is 99.4 Å². The van der Waals surface area contributed by atoms with Gasteiger partial charge in [0.2, 0.25) is 5.82 Å². The fourth-order valence-electron chi connectivity index (χ4n) is 1.60. The van der Waals surface area contributed by atoms with Crippen LogP contribution in [0, 0.1) is 17.0 Å². The molecule has 0 saturated carbocycles. The fraction of sp³-hybridized carbons (Fsp3) is 0.100. The van der Waals surface area contributed by atoms with Crippen molar-refractivity contribution in [2.45, 2.75) is 6.92 Å². The summed E-state index contributed by atoms with van der Waals surface area (Å²) < 4.78 is 6.68. The molecule has 0 saturated heterocycles. The average Bonchev–Trinajstić information content (AvgIpc) is 2.92. The van der Waals surface area contributed by atoms with Crippen molar-refractivity contribution in [2.24, 2.45) is 0 Å². The molecule has 3 aromatic rings. The van der Waals surface area contributed by atoms with Crippen LogP contribution in [-0.4, -0.2) is 24.5 Å². The van der Waals surface area contributed by atoms with Gasteiger partial charge in [-0.3, -0.25) is 14.5 Å². The van der Waals surface area contributed by atoms with E-state index in [0.29, 0.717) is 11.5 Å². The van der Waals surface area contributed by atoms with Crippen molar-refractivity contribution in [2.75, 3.05) is 0 Å². The summed E-state index contributed by atoms with van der Waals surface area (Å²) in [5.41, 5.74) is 1.42. The van der Waals surface area contributed by atoms with Gasteiger partial charge in [0, 0.05) is 11.8 Å². The Hall–Kier alpha value is -2.77. The molecule has 8 heteroatoms. The van der Waals surface area contributed by atoms with E-state index in [4.69, 9.17) is 4.42 Å². The Labute approximate surface area is 100 Å². The molecular formula is C10H7N5O3. The Bertz CT molecular complexity index is 745. The zero-order valence-corrected chi connectivity index (χ0v) is 9.27. The van der Waals surface area contributed by atoms with Gasteiger partial charge in [0.15, 0.2) is 11.4 Å². The largest absolute Gasteiger partial charge is 0.433 e. The summed E-state index contributed by atoms with van der Waals surface area (Å²) in [6.07, 6.45) is 1.55. The second kappa shape index (κ2) is 3.62. The lowest BCUT2D eigenvalue weighted by atomic mass is 10.4. The summed E-state index contributed by atoms with van der Waals surface area (Å²) in [6.45, 7) is 1.84. The molecule has 18 heavy (non-hydrogen) atoms. The zero-order valence-electron chi connectivity index (χ0n) is 9.27. The molecule has 3 heterocycles. The minimum absolute atomic E-state index is 0.278.